The first-order valence-corrected chi connectivity index (χ1v) is 10.7. The molecule has 0 aliphatic heterocycles. The zero-order valence-corrected chi connectivity index (χ0v) is 17.9. The van der Waals surface area contributed by atoms with Gasteiger partial charge in [-0.2, -0.15) is 0 Å². The molecule has 1 aliphatic rings. The Bertz CT molecular complexity index is 777. The van der Waals surface area contributed by atoms with Gasteiger partial charge in [-0.05, 0) is 52.3 Å². The number of benzene rings is 2. The molecule has 2 aromatic carbocycles. The van der Waals surface area contributed by atoms with E-state index in [-0.39, 0.29) is 5.41 Å². The molecule has 0 saturated carbocycles. The van der Waals surface area contributed by atoms with Crippen molar-refractivity contribution in [3.63, 3.8) is 0 Å². The number of fused-ring (bicyclic) bond motifs is 1. The van der Waals surface area contributed by atoms with Gasteiger partial charge in [-0.25, -0.2) is 0 Å². The molecule has 0 heterocycles. The SMILES string of the molecule is CCCCC(/C=C/c1ccccc1)c1ccc2c(c1)C(C)(C)CCC2(C)C. The van der Waals surface area contributed by atoms with Crippen molar-refractivity contribution in [1.82, 2.24) is 0 Å². The highest BCUT2D eigenvalue weighted by Gasteiger charge is 2.37. The Labute approximate surface area is 166 Å². The molecule has 0 bridgehead atoms. The van der Waals surface area contributed by atoms with Crippen molar-refractivity contribution in [3.8, 4) is 0 Å². The highest BCUT2D eigenvalue weighted by Crippen LogP contribution is 2.46. The lowest BCUT2D eigenvalue weighted by molar-refractivity contribution is 0.331. The Morgan fingerprint density at radius 1 is 0.889 bits per heavy atom. The molecule has 0 heteroatoms. The van der Waals surface area contributed by atoms with Crippen molar-refractivity contribution in [2.24, 2.45) is 0 Å². The molecule has 0 spiro atoms. The van der Waals surface area contributed by atoms with Crippen LogP contribution in [0.25, 0.3) is 6.08 Å². The lowest BCUT2D eigenvalue weighted by Gasteiger charge is -2.42. The van der Waals surface area contributed by atoms with Crippen LogP contribution in [0.2, 0.25) is 0 Å². The summed E-state index contributed by atoms with van der Waals surface area (Å²) in [5.41, 5.74) is 6.48. The summed E-state index contributed by atoms with van der Waals surface area (Å²) < 4.78 is 0. The fourth-order valence-corrected chi connectivity index (χ4v) is 4.43. The number of allylic oxidation sites excluding steroid dienone is 1. The average Bonchev–Trinajstić information content (AvgIpc) is 2.66. The van der Waals surface area contributed by atoms with Crippen LogP contribution in [-0.2, 0) is 10.8 Å². The van der Waals surface area contributed by atoms with E-state index in [9.17, 15) is 0 Å². The molecule has 1 unspecified atom stereocenters. The van der Waals surface area contributed by atoms with Crippen LogP contribution < -0.4 is 0 Å². The highest BCUT2D eigenvalue weighted by atomic mass is 14.4. The van der Waals surface area contributed by atoms with E-state index in [0.29, 0.717) is 11.3 Å². The van der Waals surface area contributed by atoms with Gasteiger partial charge in [0.15, 0.2) is 0 Å². The molecule has 0 N–H and O–H groups in total. The highest BCUT2D eigenvalue weighted by molar-refractivity contribution is 5.52. The maximum Gasteiger partial charge on any atom is 0.00214 e. The predicted molar refractivity (Wildman–Crippen MR) is 119 cm³/mol. The molecular formula is C27H36. The van der Waals surface area contributed by atoms with Crippen LogP contribution in [-0.4, -0.2) is 0 Å². The average molecular weight is 361 g/mol. The number of hydrogen-bond donors (Lipinski definition) is 0. The van der Waals surface area contributed by atoms with E-state index in [0.717, 1.165) is 0 Å². The molecule has 0 amide bonds. The second-order valence-corrected chi connectivity index (χ2v) is 9.59. The molecule has 0 fully saturated rings. The number of unbranched alkanes of at least 4 members (excludes halogenated alkanes) is 1. The molecule has 0 saturated heterocycles. The fourth-order valence-electron chi connectivity index (χ4n) is 4.43. The van der Waals surface area contributed by atoms with Gasteiger partial charge in [0.2, 0.25) is 0 Å². The summed E-state index contributed by atoms with van der Waals surface area (Å²) in [5, 5.41) is 0. The third-order valence-electron chi connectivity index (χ3n) is 6.49. The van der Waals surface area contributed by atoms with Crippen LogP contribution in [0.4, 0.5) is 0 Å². The Morgan fingerprint density at radius 3 is 2.22 bits per heavy atom. The van der Waals surface area contributed by atoms with Crippen LogP contribution >= 0.6 is 0 Å². The first kappa shape index (κ1) is 19.9. The predicted octanol–water partition coefficient (Wildman–Crippen LogP) is 8.02. The summed E-state index contributed by atoms with van der Waals surface area (Å²) in [6, 6.07) is 18.1. The summed E-state index contributed by atoms with van der Waals surface area (Å²) in [5.74, 6) is 0.497. The van der Waals surface area contributed by atoms with Crippen molar-refractivity contribution in [2.45, 2.75) is 83.5 Å². The summed E-state index contributed by atoms with van der Waals surface area (Å²) in [6.45, 7) is 11.9. The Hall–Kier alpha value is -1.82. The molecular weight excluding hydrogens is 324 g/mol. The van der Waals surface area contributed by atoms with Crippen molar-refractivity contribution in [3.05, 3.63) is 76.9 Å². The molecule has 27 heavy (non-hydrogen) atoms. The molecule has 0 aromatic heterocycles. The first-order chi connectivity index (χ1) is 12.8. The van der Waals surface area contributed by atoms with Gasteiger partial charge in [-0.3, -0.25) is 0 Å². The van der Waals surface area contributed by atoms with E-state index in [1.54, 1.807) is 11.1 Å². The van der Waals surface area contributed by atoms with E-state index in [2.05, 4.69) is 95.3 Å². The van der Waals surface area contributed by atoms with E-state index >= 15 is 0 Å². The van der Waals surface area contributed by atoms with Crippen molar-refractivity contribution in [2.75, 3.05) is 0 Å². The van der Waals surface area contributed by atoms with E-state index in [1.807, 2.05) is 0 Å². The van der Waals surface area contributed by atoms with Crippen LogP contribution in [0.15, 0.2) is 54.6 Å². The largest absolute Gasteiger partial charge is 0.0764 e. The Kier molecular flexibility index (Phi) is 5.94. The van der Waals surface area contributed by atoms with E-state index < -0.39 is 0 Å². The van der Waals surface area contributed by atoms with Gasteiger partial charge in [-0.15, -0.1) is 0 Å². The summed E-state index contributed by atoms with van der Waals surface area (Å²) in [4.78, 5) is 0. The molecule has 0 nitrogen and oxygen atoms in total. The second kappa shape index (κ2) is 8.05. The standard InChI is InChI=1S/C27H36/c1-6-7-13-22(15-14-21-11-9-8-10-12-21)23-16-17-24-25(20-23)27(4,5)19-18-26(24,2)3/h8-12,14-17,20,22H,6-7,13,18-19H2,1-5H3/b15-14+. The minimum atomic E-state index is 0.277. The Morgan fingerprint density at radius 2 is 1.56 bits per heavy atom. The smallest absolute Gasteiger partial charge is 0.00214 e. The van der Waals surface area contributed by atoms with Crippen molar-refractivity contribution < 1.29 is 0 Å². The molecule has 144 valence electrons. The van der Waals surface area contributed by atoms with Crippen LogP contribution in [0.5, 0.6) is 0 Å². The summed E-state index contributed by atoms with van der Waals surface area (Å²) in [6.07, 6.45) is 11.0. The monoisotopic (exact) mass is 360 g/mol. The van der Waals surface area contributed by atoms with Crippen molar-refractivity contribution >= 4 is 6.08 Å². The van der Waals surface area contributed by atoms with Gasteiger partial charge in [0.1, 0.15) is 0 Å². The third kappa shape index (κ3) is 4.54. The lowest BCUT2D eigenvalue weighted by Crippen LogP contribution is -2.34. The third-order valence-corrected chi connectivity index (χ3v) is 6.49. The van der Waals surface area contributed by atoms with Gasteiger partial charge in [-0.1, -0.05) is 108 Å². The molecule has 1 atom stereocenters. The topological polar surface area (TPSA) is 0 Å². The zero-order valence-electron chi connectivity index (χ0n) is 17.9. The van der Waals surface area contributed by atoms with E-state index in [4.69, 9.17) is 0 Å². The van der Waals surface area contributed by atoms with Gasteiger partial charge < -0.3 is 0 Å². The number of hydrogen-bond acceptors (Lipinski definition) is 0. The molecule has 0 radical (unpaired) electrons. The van der Waals surface area contributed by atoms with E-state index in [1.165, 1.54) is 43.2 Å². The lowest BCUT2D eigenvalue weighted by atomic mass is 9.62. The van der Waals surface area contributed by atoms with Gasteiger partial charge in [0.25, 0.3) is 0 Å². The molecule has 3 rings (SSSR count). The van der Waals surface area contributed by atoms with Gasteiger partial charge in [0.05, 0.1) is 0 Å². The van der Waals surface area contributed by atoms with Crippen molar-refractivity contribution in [1.29, 1.82) is 0 Å². The normalized spacial score (nSPS) is 19.0. The minimum Gasteiger partial charge on any atom is -0.0764 e. The van der Waals surface area contributed by atoms with Gasteiger partial charge in [0, 0.05) is 5.92 Å². The second-order valence-electron chi connectivity index (χ2n) is 9.59. The van der Waals surface area contributed by atoms with Crippen LogP contribution in [0.3, 0.4) is 0 Å². The molecule has 1 aliphatic carbocycles. The summed E-state index contributed by atoms with van der Waals surface area (Å²) in [7, 11) is 0. The van der Waals surface area contributed by atoms with Crippen LogP contribution in [0, 0.1) is 0 Å². The molecule has 2 aromatic rings. The number of rotatable bonds is 6. The Balaban J connectivity index is 1.96. The quantitative estimate of drug-likeness (QED) is 0.489. The maximum atomic E-state index is 2.53. The first-order valence-electron chi connectivity index (χ1n) is 10.7. The maximum absolute atomic E-state index is 2.53. The van der Waals surface area contributed by atoms with Crippen LogP contribution in [0.1, 0.15) is 94.9 Å². The summed E-state index contributed by atoms with van der Waals surface area (Å²) >= 11 is 0. The zero-order chi connectivity index (χ0) is 19.5. The fraction of sp³-hybridized carbons (Fsp3) is 0.481. The van der Waals surface area contributed by atoms with Gasteiger partial charge >= 0.3 is 0 Å². The minimum absolute atomic E-state index is 0.277.